The number of hydrogen-bond donors (Lipinski definition) is 5. The molecule has 2 fully saturated rings. The molecule has 0 radical (unpaired) electrons. The molecule has 2 aromatic heterocycles. The number of anilines is 1. The van der Waals surface area contributed by atoms with Gasteiger partial charge in [0.2, 0.25) is 0 Å². The maximum absolute atomic E-state index is 12.0. The molecule has 0 aliphatic heterocycles. The van der Waals surface area contributed by atoms with Crippen LogP contribution in [0.15, 0.2) is 35.3 Å². The summed E-state index contributed by atoms with van der Waals surface area (Å²) in [7, 11) is 0. The number of aliphatic imine (C=N–C) groups is 1. The van der Waals surface area contributed by atoms with E-state index in [-0.39, 0.29) is 29.2 Å². The van der Waals surface area contributed by atoms with E-state index >= 15 is 0 Å². The minimum Gasteiger partial charge on any atom is -0.463 e. The maximum atomic E-state index is 12.0. The molecule has 2 heterocycles. The molecule has 11 nitrogen and oxygen atoms in total. The van der Waals surface area contributed by atoms with Crippen molar-refractivity contribution in [3.63, 3.8) is 0 Å². The fourth-order valence-corrected chi connectivity index (χ4v) is 5.95. The van der Waals surface area contributed by atoms with Crippen molar-refractivity contribution in [2.75, 3.05) is 11.9 Å². The van der Waals surface area contributed by atoms with E-state index in [0.29, 0.717) is 41.2 Å². The molecule has 0 bridgehead atoms. The molecule has 3 aromatic rings. The third-order valence-corrected chi connectivity index (χ3v) is 8.70. The van der Waals surface area contributed by atoms with Gasteiger partial charge < -0.3 is 30.9 Å². The van der Waals surface area contributed by atoms with Gasteiger partial charge in [-0.25, -0.2) is 19.7 Å². The molecule has 2 saturated carbocycles. The van der Waals surface area contributed by atoms with Crippen molar-refractivity contribution in [2.24, 2.45) is 28.5 Å². The van der Waals surface area contributed by atoms with Crippen LogP contribution in [0.4, 0.5) is 10.6 Å². The smallest absolute Gasteiger partial charge is 0.433 e. The molecule has 11 heteroatoms. The predicted octanol–water partition coefficient (Wildman–Crippen LogP) is 3.86. The number of imidazole rings is 1. The van der Waals surface area contributed by atoms with Crippen LogP contribution in [0.2, 0.25) is 0 Å². The SMILES string of the molecule is CC1CCC(Cn2c(C(O)(CO)c3ccccc3)nc3nc(/C(N)=N/C(=O)O)nc(N[C@H](C)C4CCC4)c32)CC1. The van der Waals surface area contributed by atoms with Crippen LogP contribution in [-0.4, -0.2) is 59.4 Å². The number of nitrogens with zero attached hydrogens (tertiary/aromatic N) is 5. The fourth-order valence-electron chi connectivity index (χ4n) is 5.95. The van der Waals surface area contributed by atoms with Crippen LogP contribution in [0, 0.1) is 17.8 Å². The highest BCUT2D eigenvalue weighted by molar-refractivity contribution is 6.01. The lowest BCUT2D eigenvalue weighted by Gasteiger charge is -2.33. The Balaban J connectivity index is 1.71. The van der Waals surface area contributed by atoms with Crippen molar-refractivity contribution in [1.29, 1.82) is 0 Å². The summed E-state index contributed by atoms with van der Waals surface area (Å²) >= 11 is 0. The number of hydrogen-bond acceptors (Lipinski definition) is 7. The summed E-state index contributed by atoms with van der Waals surface area (Å²) in [5, 5.41) is 35.3. The standard InChI is InChI=1S/C29H39N7O4/c1-17-11-13-19(14-12-17)15-36-22-24(31-18(2)20-7-6-8-20)33-26(23(30)32-28(38)39)34-25(22)35-27(36)29(40,16-37)21-9-4-3-5-10-21/h3-5,9-10,17-20,37,40H,6-8,11-16H2,1-2H3,(H2,30,32)(H,38,39)(H,31,33,34)/t17?,18-,19?,29?/m1/s1. The average Bonchev–Trinajstić information content (AvgIpc) is 3.27. The Hall–Kier alpha value is -3.57. The minimum atomic E-state index is -1.80. The zero-order valence-corrected chi connectivity index (χ0v) is 23.1. The second-order valence-corrected chi connectivity index (χ2v) is 11.5. The number of nitrogens with one attached hydrogen (secondary N) is 1. The first-order chi connectivity index (χ1) is 19.2. The molecule has 1 unspecified atom stereocenters. The van der Waals surface area contributed by atoms with Crippen molar-refractivity contribution in [3.8, 4) is 0 Å². The number of carboxylic acid groups (broad SMARTS) is 1. The number of carbonyl (C=O) groups is 1. The molecule has 6 N–H and O–H groups in total. The molecule has 214 valence electrons. The zero-order chi connectivity index (χ0) is 28.4. The van der Waals surface area contributed by atoms with E-state index in [0.717, 1.165) is 38.5 Å². The van der Waals surface area contributed by atoms with Gasteiger partial charge in [0.1, 0.15) is 5.52 Å². The number of amides is 1. The van der Waals surface area contributed by atoms with Crippen LogP contribution in [0.5, 0.6) is 0 Å². The summed E-state index contributed by atoms with van der Waals surface area (Å²) in [5.74, 6) is 1.82. The van der Waals surface area contributed by atoms with Crippen LogP contribution in [0.3, 0.4) is 0 Å². The van der Waals surface area contributed by atoms with Crippen molar-refractivity contribution in [3.05, 3.63) is 47.5 Å². The van der Waals surface area contributed by atoms with Crippen LogP contribution in [0.1, 0.15) is 76.0 Å². The molecular formula is C29H39N7O4. The lowest BCUT2D eigenvalue weighted by atomic mass is 9.80. The molecule has 1 aromatic carbocycles. The minimum absolute atomic E-state index is 0.0619. The predicted molar refractivity (Wildman–Crippen MR) is 152 cm³/mol. The van der Waals surface area contributed by atoms with E-state index in [4.69, 9.17) is 10.7 Å². The fraction of sp³-hybridized carbons (Fsp3) is 0.552. The molecular weight excluding hydrogens is 510 g/mol. The topological polar surface area (TPSA) is 172 Å². The van der Waals surface area contributed by atoms with Gasteiger partial charge in [0.25, 0.3) is 0 Å². The first-order valence-corrected chi connectivity index (χ1v) is 14.2. The first-order valence-electron chi connectivity index (χ1n) is 14.2. The van der Waals surface area contributed by atoms with Gasteiger partial charge in [-0.2, -0.15) is 4.99 Å². The van der Waals surface area contributed by atoms with Crippen molar-refractivity contribution in [2.45, 2.75) is 77.0 Å². The van der Waals surface area contributed by atoms with Gasteiger partial charge in [0.15, 0.2) is 34.6 Å². The average molecular weight is 550 g/mol. The normalized spacial score (nSPS) is 22.4. The Kier molecular flexibility index (Phi) is 8.04. The van der Waals surface area contributed by atoms with Gasteiger partial charge in [-0.05, 0) is 55.9 Å². The number of aliphatic hydroxyl groups is 2. The zero-order valence-electron chi connectivity index (χ0n) is 23.1. The number of amidine groups is 1. The molecule has 2 aliphatic carbocycles. The number of rotatable bonds is 9. The summed E-state index contributed by atoms with van der Waals surface area (Å²) in [6.07, 6.45) is 6.30. The largest absolute Gasteiger partial charge is 0.463 e. The lowest BCUT2D eigenvalue weighted by molar-refractivity contribution is 0.00664. The van der Waals surface area contributed by atoms with Crippen LogP contribution >= 0.6 is 0 Å². The Morgan fingerprint density at radius 1 is 1.15 bits per heavy atom. The van der Waals surface area contributed by atoms with Gasteiger partial charge in [0, 0.05) is 12.6 Å². The van der Waals surface area contributed by atoms with E-state index in [1.807, 2.05) is 10.6 Å². The van der Waals surface area contributed by atoms with Gasteiger partial charge >= 0.3 is 6.09 Å². The van der Waals surface area contributed by atoms with E-state index in [1.54, 1.807) is 24.3 Å². The quantitative estimate of drug-likeness (QED) is 0.196. The Bertz CT molecular complexity index is 1380. The monoisotopic (exact) mass is 549 g/mol. The van der Waals surface area contributed by atoms with E-state index in [2.05, 4.69) is 34.1 Å². The Morgan fingerprint density at radius 3 is 2.45 bits per heavy atom. The summed E-state index contributed by atoms with van der Waals surface area (Å²) in [4.78, 5) is 28.6. The summed E-state index contributed by atoms with van der Waals surface area (Å²) in [5.41, 5.74) is 5.53. The van der Waals surface area contributed by atoms with Crippen LogP contribution < -0.4 is 11.1 Å². The highest BCUT2D eigenvalue weighted by Crippen LogP contribution is 2.37. The highest BCUT2D eigenvalue weighted by Gasteiger charge is 2.39. The summed E-state index contributed by atoms with van der Waals surface area (Å²) in [6.45, 7) is 4.36. The molecule has 1 amide bonds. The van der Waals surface area contributed by atoms with E-state index in [9.17, 15) is 20.1 Å². The highest BCUT2D eigenvalue weighted by atomic mass is 16.4. The Morgan fingerprint density at radius 2 is 1.85 bits per heavy atom. The molecule has 40 heavy (non-hydrogen) atoms. The lowest BCUT2D eigenvalue weighted by Crippen LogP contribution is -2.36. The van der Waals surface area contributed by atoms with Crippen molar-refractivity contribution in [1.82, 2.24) is 19.5 Å². The van der Waals surface area contributed by atoms with Crippen LogP contribution in [0.25, 0.3) is 11.2 Å². The number of fused-ring (bicyclic) bond motifs is 1. The summed E-state index contributed by atoms with van der Waals surface area (Å²) < 4.78 is 1.95. The second kappa shape index (κ2) is 11.5. The third kappa shape index (κ3) is 5.53. The van der Waals surface area contributed by atoms with Crippen molar-refractivity contribution < 1.29 is 20.1 Å². The third-order valence-electron chi connectivity index (χ3n) is 8.70. The van der Waals surface area contributed by atoms with Gasteiger partial charge in [-0.15, -0.1) is 0 Å². The van der Waals surface area contributed by atoms with Crippen LogP contribution in [-0.2, 0) is 12.1 Å². The van der Waals surface area contributed by atoms with Gasteiger partial charge in [-0.1, -0.05) is 56.5 Å². The first kappa shape index (κ1) is 28.0. The molecule has 5 rings (SSSR count). The molecule has 0 saturated heterocycles. The van der Waals surface area contributed by atoms with Gasteiger partial charge in [-0.3, -0.25) is 0 Å². The van der Waals surface area contributed by atoms with Crippen molar-refractivity contribution >= 4 is 28.9 Å². The second-order valence-electron chi connectivity index (χ2n) is 11.5. The number of aromatic nitrogens is 4. The maximum Gasteiger partial charge on any atom is 0.433 e. The molecule has 2 atom stereocenters. The Labute approximate surface area is 233 Å². The number of benzene rings is 1. The van der Waals surface area contributed by atoms with E-state index in [1.165, 1.54) is 6.42 Å². The summed E-state index contributed by atoms with van der Waals surface area (Å²) in [6, 6.07) is 9.06. The molecule has 2 aliphatic rings. The number of nitrogens with two attached hydrogens (primary N) is 1. The number of aliphatic hydroxyl groups excluding tert-OH is 1. The molecule has 0 spiro atoms. The van der Waals surface area contributed by atoms with Gasteiger partial charge in [0.05, 0.1) is 6.61 Å². The van der Waals surface area contributed by atoms with E-state index < -0.39 is 18.3 Å².